The van der Waals surface area contributed by atoms with Crippen LogP contribution in [0.4, 0.5) is 5.69 Å². The highest BCUT2D eigenvalue weighted by atomic mass is 79.9. The number of fused-ring (bicyclic) bond motifs is 1. The van der Waals surface area contributed by atoms with E-state index < -0.39 is 10.8 Å². The molecule has 28 heavy (non-hydrogen) atoms. The van der Waals surface area contributed by atoms with Crippen LogP contribution in [0.5, 0.6) is 11.5 Å². The van der Waals surface area contributed by atoms with Crippen LogP contribution in [0, 0.1) is 10.1 Å². The van der Waals surface area contributed by atoms with Crippen molar-refractivity contribution in [1.82, 2.24) is 5.43 Å². The lowest BCUT2D eigenvalue weighted by molar-refractivity contribution is -0.384. The van der Waals surface area contributed by atoms with Crippen LogP contribution in [-0.4, -0.2) is 28.8 Å². The Hall–Kier alpha value is -2.98. The fraction of sp³-hybridized carbons (Fsp3) is 0.111. The second-order valence-electron chi connectivity index (χ2n) is 5.57. The molecule has 0 spiro atoms. The van der Waals surface area contributed by atoms with Gasteiger partial charge in [0.25, 0.3) is 11.6 Å². The number of nitro benzene ring substituents is 1. The summed E-state index contributed by atoms with van der Waals surface area (Å²) in [6.45, 7) is 2.19. The van der Waals surface area contributed by atoms with E-state index in [4.69, 9.17) is 4.74 Å². The number of non-ortho nitro benzene ring substituents is 1. The van der Waals surface area contributed by atoms with Gasteiger partial charge in [0.15, 0.2) is 11.5 Å². The molecule has 8 nitrogen and oxygen atoms in total. The highest BCUT2D eigenvalue weighted by Crippen LogP contribution is 2.35. The zero-order valence-corrected chi connectivity index (χ0v) is 16.9. The van der Waals surface area contributed by atoms with Crippen LogP contribution in [-0.2, 0) is 0 Å². The molecule has 1 amide bonds. The smallest absolute Gasteiger partial charge is 0.281 e. The minimum absolute atomic E-state index is 0.0117. The first kappa shape index (κ1) is 19.8. The summed E-state index contributed by atoms with van der Waals surface area (Å²) in [5.74, 6) is -0.138. The van der Waals surface area contributed by atoms with E-state index in [1.54, 1.807) is 31.2 Å². The molecule has 1 aromatic heterocycles. The number of nitrogens with one attached hydrogen (secondary N) is 1. The van der Waals surface area contributed by atoms with Gasteiger partial charge in [0.1, 0.15) is 0 Å². The number of hydrogen-bond acceptors (Lipinski definition) is 7. The van der Waals surface area contributed by atoms with Gasteiger partial charge in [0.2, 0.25) is 0 Å². The van der Waals surface area contributed by atoms with Gasteiger partial charge in [-0.3, -0.25) is 14.9 Å². The van der Waals surface area contributed by atoms with Crippen molar-refractivity contribution in [2.75, 3.05) is 6.61 Å². The van der Waals surface area contributed by atoms with Crippen LogP contribution in [0.15, 0.2) is 46.0 Å². The molecular weight excluding hydrogens is 450 g/mol. The molecule has 0 fully saturated rings. The lowest BCUT2D eigenvalue weighted by Gasteiger charge is -2.08. The predicted octanol–water partition coefficient (Wildman–Crippen LogP) is 4.44. The standard InChI is InChI=1S/C18H14BrN3O5S/c1-2-27-14-6-10(5-13(19)17(14)23)9-20-21-18(24)16-8-11-7-12(22(25)26)3-4-15(11)28-16/h3-9,23H,2H2,1H3,(H,21,24)/b20-9+. The third-order valence-corrected chi connectivity index (χ3v) is 5.38. The maximum atomic E-state index is 12.3. The normalized spacial score (nSPS) is 11.1. The molecule has 10 heteroatoms. The Labute approximate surface area is 171 Å². The molecule has 0 aliphatic rings. The average Bonchev–Trinajstić information content (AvgIpc) is 3.09. The molecule has 0 saturated carbocycles. The number of phenols is 1. The van der Waals surface area contributed by atoms with Crippen molar-refractivity contribution in [2.45, 2.75) is 6.92 Å². The van der Waals surface area contributed by atoms with E-state index >= 15 is 0 Å². The van der Waals surface area contributed by atoms with Crippen LogP contribution in [0.2, 0.25) is 0 Å². The predicted molar refractivity (Wildman–Crippen MR) is 111 cm³/mol. The van der Waals surface area contributed by atoms with Gasteiger partial charge in [0, 0.05) is 22.2 Å². The molecule has 144 valence electrons. The Morgan fingerprint density at radius 1 is 1.39 bits per heavy atom. The Kier molecular flexibility index (Phi) is 5.90. The van der Waals surface area contributed by atoms with Crippen molar-refractivity contribution in [3.8, 4) is 11.5 Å². The van der Waals surface area contributed by atoms with E-state index in [2.05, 4.69) is 26.5 Å². The minimum atomic E-state index is -0.479. The molecule has 3 aromatic rings. The molecule has 0 unspecified atom stereocenters. The number of benzene rings is 2. The zero-order valence-electron chi connectivity index (χ0n) is 14.5. The number of carbonyl (C=O) groups excluding carboxylic acids is 1. The van der Waals surface area contributed by atoms with Crippen LogP contribution in [0.1, 0.15) is 22.2 Å². The number of halogens is 1. The topological polar surface area (TPSA) is 114 Å². The largest absolute Gasteiger partial charge is 0.503 e. The number of carbonyl (C=O) groups is 1. The quantitative estimate of drug-likeness (QED) is 0.318. The first-order chi connectivity index (χ1) is 13.4. The number of nitro groups is 1. The van der Waals surface area contributed by atoms with Gasteiger partial charge in [-0.15, -0.1) is 11.3 Å². The second-order valence-corrected chi connectivity index (χ2v) is 7.51. The van der Waals surface area contributed by atoms with Crippen LogP contribution < -0.4 is 10.2 Å². The molecule has 3 rings (SSSR count). The fourth-order valence-corrected chi connectivity index (χ4v) is 3.80. The summed E-state index contributed by atoms with van der Waals surface area (Å²) in [6, 6.07) is 9.25. The minimum Gasteiger partial charge on any atom is -0.503 e. The highest BCUT2D eigenvalue weighted by molar-refractivity contribution is 9.10. The zero-order chi connectivity index (χ0) is 20.3. The van der Waals surface area contributed by atoms with Gasteiger partial charge >= 0.3 is 0 Å². The van der Waals surface area contributed by atoms with E-state index in [1.807, 2.05) is 0 Å². The highest BCUT2D eigenvalue weighted by Gasteiger charge is 2.13. The van der Waals surface area contributed by atoms with Crippen LogP contribution in [0.25, 0.3) is 10.1 Å². The van der Waals surface area contributed by atoms with Gasteiger partial charge in [-0.25, -0.2) is 5.43 Å². The summed E-state index contributed by atoms with van der Waals surface area (Å²) >= 11 is 4.45. The lowest BCUT2D eigenvalue weighted by Crippen LogP contribution is -2.16. The fourth-order valence-electron chi connectivity index (χ4n) is 2.41. The van der Waals surface area contributed by atoms with Crippen molar-refractivity contribution >= 4 is 55.2 Å². The third-order valence-electron chi connectivity index (χ3n) is 3.66. The molecule has 0 radical (unpaired) electrons. The molecule has 0 aliphatic carbocycles. The first-order valence-electron chi connectivity index (χ1n) is 8.05. The molecule has 2 aromatic carbocycles. The Morgan fingerprint density at radius 2 is 2.18 bits per heavy atom. The van der Waals surface area contributed by atoms with E-state index in [-0.39, 0.29) is 11.4 Å². The van der Waals surface area contributed by atoms with Gasteiger partial charge in [-0.1, -0.05) is 0 Å². The number of nitrogens with zero attached hydrogens (tertiary/aromatic N) is 2. The first-order valence-corrected chi connectivity index (χ1v) is 9.66. The average molecular weight is 464 g/mol. The molecule has 0 atom stereocenters. The van der Waals surface area contributed by atoms with E-state index in [9.17, 15) is 20.0 Å². The van der Waals surface area contributed by atoms with Crippen molar-refractivity contribution in [2.24, 2.45) is 5.10 Å². The second kappa shape index (κ2) is 8.36. The number of phenolic OH excluding ortho intramolecular Hbond substituents is 1. The van der Waals surface area contributed by atoms with Crippen molar-refractivity contribution in [3.05, 3.63) is 61.4 Å². The third kappa shape index (κ3) is 4.29. The monoisotopic (exact) mass is 463 g/mol. The number of amides is 1. The summed E-state index contributed by atoms with van der Waals surface area (Å²) in [5, 5.41) is 25.3. The maximum absolute atomic E-state index is 12.3. The Morgan fingerprint density at radius 3 is 2.89 bits per heavy atom. The number of thiophene rings is 1. The number of ether oxygens (including phenoxy) is 1. The summed E-state index contributed by atoms with van der Waals surface area (Å²) in [5.41, 5.74) is 3.00. The van der Waals surface area contributed by atoms with E-state index in [0.29, 0.717) is 32.7 Å². The summed E-state index contributed by atoms with van der Waals surface area (Å²) in [4.78, 5) is 23.1. The number of rotatable bonds is 6. The number of aromatic hydroxyl groups is 1. The van der Waals surface area contributed by atoms with Gasteiger partial charge in [-0.2, -0.15) is 5.10 Å². The molecule has 2 N–H and O–H groups in total. The van der Waals surface area contributed by atoms with Crippen molar-refractivity contribution in [1.29, 1.82) is 0 Å². The van der Waals surface area contributed by atoms with E-state index in [0.717, 1.165) is 4.70 Å². The van der Waals surface area contributed by atoms with Crippen molar-refractivity contribution < 1.29 is 19.6 Å². The van der Waals surface area contributed by atoms with Gasteiger partial charge < -0.3 is 9.84 Å². The molecular formula is C18H14BrN3O5S. The number of hydrazone groups is 1. The molecule has 0 bridgehead atoms. The van der Waals surface area contributed by atoms with E-state index in [1.165, 1.54) is 29.7 Å². The maximum Gasteiger partial charge on any atom is 0.281 e. The molecule has 0 saturated heterocycles. The SMILES string of the molecule is CCOc1cc(/C=N/NC(=O)c2cc3cc([N+](=O)[O-])ccc3s2)cc(Br)c1O. The Balaban J connectivity index is 1.75. The van der Waals surface area contributed by atoms with Crippen LogP contribution >= 0.6 is 27.3 Å². The van der Waals surface area contributed by atoms with Gasteiger partial charge in [0.05, 0.1) is 27.1 Å². The lowest BCUT2D eigenvalue weighted by atomic mass is 10.2. The number of hydrogen-bond donors (Lipinski definition) is 2. The summed E-state index contributed by atoms with van der Waals surface area (Å²) in [7, 11) is 0. The molecule has 1 heterocycles. The molecule has 0 aliphatic heterocycles. The van der Waals surface area contributed by atoms with Crippen molar-refractivity contribution in [3.63, 3.8) is 0 Å². The Bertz CT molecular complexity index is 1100. The van der Waals surface area contributed by atoms with Crippen LogP contribution in [0.3, 0.4) is 0 Å². The van der Waals surface area contributed by atoms with Gasteiger partial charge in [-0.05, 0) is 52.7 Å². The summed E-state index contributed by atoms with van der Waals surface area (Å²) in [6.07, 6.45) is 1.42. The summed E-state index contributed by atoms with van der Waals surface area (Å²) < 4.78 is 6.55.